The first-order chi connectivity index (χ1) is 14.5. The fourth-order valence-electron chi connectivity index (χ4n) is 4.61. The monoisotopic (exact) mass is 433 g/mol. The molecule has 0 aliphatic carbocycles. The summed E-state index contributed by atoms with van der Waals surface area (Å²) in [6, 6.07) is 0.898. The van der Waals surface area contributed by atoms with Crippen molar-refractivity contribution in [2.24, 2.45) is 7.05 Å². The van der Waals surface area contributed by atoms with Crippen LogP contribution in [0, 0.1) is 18.6 Å². The molecule has 0 saturated carbocycles. The Labute approximate surface area is 180 Å². The van der Waals surface area contributed by atoms with Crippen molar-refractivity contribution in [2.45, 2.75) is 25.9 Å². The number of benzene rings is 1. The number of aromatic nitrogens is 1. The third-order valence-corrected chi connectivity index (χ3v) is 6.67. The van der Waals surface area contributed by atoms with Crippen LogP contribution in [0.5, 0.6) is 0 Å². The molecule has 2 aliphatic heterocycles. The Balaban J connectivity index is 2.07. The Morgan fingerprint density at radius 1 is 1.13 bits per heavy atom. The number of aryl methyl sites for hydroxylation is 1. The average molecular weight is 434 g/mol. The molecule has 0 spiro atoms. The maximum atomic E-state index is 15.1. The van der Waals surface area contributed by atoms with Crippen molar-refractivity contribution >= 4 is 28.2 Å². The fourth-order valence-corrected chi connectivity index (χ4v) is 4.61. The number of nitrogens with zero attached hydrogens (tertiary/aromatic N) is 5. The van der Waals surface area contributed by atoms with Crippen LogP contribution in [0.3, 0.4) is 0 Å². The van der Waals surface area contributed by atoms with Gasteiger partial charge in [-0.25, -0.2) is 8.78 Å². The molecule has 9 heteroatoms. The second kappa shape index (κ2) is 7.56. The lowest BCUT2D eigenvalue weighted by Crippen LogP contribution is -2.65. The second-order valence-corrected chi connectivity index (χ2v) is 9.00. The summed E-state index contributed by atoms with van der Waals surface area (Å²) in [4.78, 5) is 34.4. The van der Waals surface area contributed by atoms with E-state index in [4.69, 9.17) is 0 Å². The number of piperazine rings is 1. The predicted molar refractivity (Wildman–Crippen MR) is 118 cm³/mol. The highest BCUT2D eigenvalue weighted by Gasteiger charge is 2.45. The Morgan fingerprint density at radius 2 is 1.81 bits per heavy atom. The summed E-state index contributed by atoms with van der Waals surface area (Å²) in [6.45, 7) is 5.24. The lowest BCUT2D eigenvalue weighted by molar-refractivity contribution is -0.121. The first-order valence-corrected chi connectivity index (χ1v) is 10.5. The third-order valence-electron chi connectivity index (χ3n) is 6.67. The topological polar surface area (TPSA) is 52.0 Å². The van der Waals surface area contributed by atoms with E-state index in [1.165, 1.54) is 29.5 Å². The van der Waals surface area contributed by atoms with Gasteiger partial charge in [0.05, 0.1) is 11.2 Å². The SMILES string of the molecule is Cc1c(F)cc2c3c(c(=O)n(C)c2c1F)N(CCN(C)C)C(=O)C1CN(C)C(C)CN31. The number of carbonyl (C=O) groups is 1. The molecule has 31 heavy (non-hydrogen) atoms. The number of rotatable bonds is 3. The molecule has 2 unspecified atom stereocenters. The van der Waals surface area contributed by atoms with Gasteiger partial charge < -0.3 is 19.3 Å². The smallest absolute Gasteiger partial charge is 0.277 e. The second-order valence-electron chi connectivity index (χ2n) is 9.00. The summed E-state index contributed by atoms with van der Waals surface area (Å²) in [6.07, 6.45) is 0. The van der Waals surface area contributed by atoms with E-state index in [0.29, 0.717) is 37.3 Å². The highest BCUT2D eigenvalue weighted by molar-refractivity contribution is 6.12. The summed E-state index contributed by atoms with van der Waals surface area (Å²) in [5.41, 5.74) is 0.151. The molecule has 168 valence electrons. The van der Waals surface area contributed by atoms with Gasteiger partial charge in [-0.15, -0.1) is 0 Å². The van der Waals surface area contributed by atoms with E-state index >= 15 is 4.39 Å². The van der Waals surface area contributed by atoms with Crippen LogP contribution in [0.1, 0.15) is 12.5 Å². The number of amides is 1. The summed E-state index contributed by atoms with van der Waals surface area (Å²) >= 11 is 0. The quantitative estimate of drug-likeness (QED) is 0.735. The predicted octanol–water partition coefficient (Wildman–Crippen LogP) is 1.54. The first-order valence-electron chi connectivity index (χ1n) is 10.5. The molecule has 3 heterocycles. The molecule has 1 saturated heterocycles. The molecule has 0 bridgehead atoms. The Hall–Kier alpha value is -2.52. The minimum atomic E-state index is -0.743. The van der Waals surface area contributed by atoms with Gasteiger partial charge in [-0.3, -0.25) is 14.5 Å². The minimum Gasteiger partial charge on any atom is -0.354 e. The van der Waals surface area contributed by atoms with E-state index in [-0.39, 0.29) is 28.7 Å². The molecule has 4 rings (SSSR count). The van der Waals surface area contributed by atoms with Crippen LogP contribution in [-0.4, -0.2) is 79.7 Å². The van der Waals surface area contributed by atoms with Gasteiger partial charge in [0.25, 0.3) is 11.5 Å². The molecule has 2 atom stereocenters. The van der Waals surface area contributed by atoms with Gasteiger partial charge in [0.2, 0.25) is 0 Å². The van der Waals surface area contributed by atoms with Gasteiger partial charge in [-0.1, -0.05) is 0 Å². The van der Waals surface area contributed by atoms with Crippen LogP contribution >= 0.6 is 0 Å². The van der Waals surface area contributed by atoms with Crippen LogP contribution in [0.4, 0.5) is 20.2 Å². The highest BCUT2D eigenvalue weighted by atomic mass is 19.1. The molecule has 1 amide bonds. The van der Waals surface area contributed by atoms with Gasteiger partial charge in [-0.05, 0) is 41.1 Å². The third kappa shape index (κ3) is 3.22. The van der Waals surface area contributed by atoms with Crippen LogP contribution < -0.4 is 15.4 Å². The number of likely N-dealkylation sites (N-methyl/N-ethyl adjacent to an activating group) is 2. The highest BCUT2D eigenvalue weighted by Crippen LogP contribution is 2.42. The van der Waals surface area contributed by atoms with Gasteiger partial charge in [-0.2, -0.15) is 0 Å². The van der Waals surface area contributed by atoms with E-state index in [1.54, 1.807) is 0 Å². The van der Waals surface area contributed by atoms with Crippen molar-refractivity contribution in [3.05, 3.63) is 33.6 Å². The van der Waals surface area contributed by atoms with Gasteiger partial charge in [0, 0.05) is 50.2 Å². The molecule has 2 aliphatic rings. The number of pyridine rings is 1. The molecule has 2 aromatic rings. The maximum absolute atomic E-state index is 15.1. The molecule has 1 aromatic carbocycles. The van der Waals surface area contributed by atoms with Crippen molar-refractivity contribution in [2.75, 3.05) is 57.1 Å². The van der Waals surface area contributed by atoms with E-state index < -0.39 is 23.2 Å². The number of hydrogen-bond donors (Lipinski definition) is 0. The molecule has 0 radical (unpaired) electrons. The Morgan fingerprint density at radius 3 is 2.45 bits per heavy atom. The first kappa shape index (κ1) is 21.7. The van der Waals surface area contributed by atoms with Crippen molar-refractivity contribution in [3.8, 4) is 0 Å². The molecule has 1 fully saturated rings. The summed E-state index contributed by atoms with van der Waals surface area (Å²) in [5, 5.41) is 0.321. The normalized spacial score (nSPS) is 21.8. The molecular formula is C22H29F2N5O2. The largest absolute Gasteiger partial charge is 0.354 e. The standard InChI is InChI=1S/C22H29F2N5O2/c1-12-10-29-16(11-26(12)5)21(30)28(8-7-25(3)4)20-19(29)14-9-15(23)13(2)17(24)18(14)27(6)22(20)31/h9,12,16H,7-8,10-11H2,1-6H3. The zero-order chi connectivity index (χ0) is 22.8. The molecule has 0 N–H and O–H groups in total. The van der Waals surface area contributed by atoms with Crippen molar-refractivity contribution in [1.82, 2.24) is 14.4 Å². The number of fused-ring (bicyclic) bond motifs is 5. The Bertz CT molecular complexity index is 1130. The van der Waals surface area contributed by atoms with Crippen LogP contribution in [0.15, 0.2) is 10.9 Å². The summed E-state index contributed by atoms with van der Waals surface area (Å²) < 4.78 is 31.0. The Kier molecular flexibility index (Phi) is 5.29. The van der Waals surface area contributed by atoms with Gasteiger partial charge in [0.15, 0.2) is 5.82 Å². The van der Waals surface area contributed by atoms with Crippen LogP contribution in [0.25, 0.3) is 10.9 Å². The minimum absolute atomic E-state index is 0.0647. The average Bonchev–Trinajstić information content (AvgIpc) is 2.70. The molecular weight excluding hydrogens is 404 g/mol. The van der Waals surface area contributed by atoms with E-state index in [0.717, 1.165) is 0 Å². The number of hydrogen-bond acceptors (Lipinski definition) is 5. The van der Waals surface area contributed by atoms with Crippen LogP contribution in [0.2, 0.25) is 0 Å². The number of carbonyl (C=O) groups excluding carboxylic acids is 1. The van der Waals surface area contributed by atoms with Crippen LogP contribution in [-0.2, 0) is 11.8 Å². The van der Waals surface area contributed by atoms with Gasteiger partial charge >= 0.3 is 0 Å². The van der Waals surface area contributed by atoms with Crippen molar-refractivity contribution in [3.63, 3.8) is 0 Å². The maximum Gasteiger partial charge on any atom is 0.277 e. The van der Waals surface area contributed by atoms with E-state index in [1.807, 2.05) is 37.9 Å². The number of anilines is 2. The number of halogens is 2. The van der Waals surface area contributed by atoms with Crippen molar-refractivity contribution in [1.29, 1.82) is 0 Å². The van der Waals surface area contributed by atoms with E-state index in [2.05, 4.69) is 4.90 Å². The molecule has 1 aromatic heterocycles. The van der Waals surface area contributed by atoms with Crippen molar-refractivity contribution < 1.29 is 13.6 Å². The lowest BCUT2D eigenvalue weighted by Gasteiger charge is -2.50. The summed E-state index contributed by atoms with van der Waals surface area (Å²) in [5.74, 6) is -1.56. The lowest BCUT2D eigenvalue weighted by atomic mass is 9.97. The fraction of sp³-hybridized carbons (Fsp3) is 0.545. The van der Waals surface area contributed by atoms with Gasteiger partial charge in [0.1, 0.15) is 17.5 Å². The zero-order valence-electron chi connectivity index (χ0n) is 18.9. The zero-order valence-corrected chi connectivity index (χ0v) is 18.9. The summed E-state index contributed by atoms with van der Waals surface area (Å²) in [7, 11) is 7.21. The molecule has 7 nitrogen and oxygen atoms in total. The van der Waals surface area contributed by atoms with E-state index in [9.17, 15) is 14.0 Å².